The summed E-state index contributed by atoms with van der Waals surface area (Å²) in [6.45, 7) is 4.13. The van der Waals surface area contributed by atoms with Gasteiger partial charge in [0.25, 0.3) is 0 Å². The van der Waals surface area contributed by atoms with E-state index < -0.39 is 0 Å². The monoisotopic (exact) mass is 314 g/mol. The van der Waals surface area contributed by atoms with Crippen LogP contribution in [0.5, 0.6) is 0 Å². The van der Waals surface area contributed by atoms with Crippen molar-refractivity contribution in [1.29, 1.82) is 0 Å². The van der Waals surface area contributed by atoms with Crippen LogP contribution >= 0.6 is 0 Å². The molecule has 0 fully saturated rings. The van der Waals surface area contributed by atoms with Crippen LogP contribution in [0.25, 0.3) is 0 Å². The summed E-state index contributed by atoms with van der Waals surface area (Å²) in [5.41, 5.74) is 5.20. The molecule has 2 N–H and O–H groups in total. The molecular weight excluding hydrogens is 292 g/mol. The van der Waals surface area contributed by atoms with Gasteiger partial charge >= 0.3 is 0 Å². The first-order valence-corrected chi connectivity index (χ1v) is 7.80. The van der Waals surface area contributed by atoms with Crippen molar-refractivity contribution in [2.75, 3.05) is 11.9 Å². The minimum absolute atomic E-state index is 0.0115. The zero-order valence-corrected chi connectivity index (χ0v) is 13.5. The normalized spacial score (nSPS) is 14.6. The third-order valence-corrected chi connectivity index (χ3v) is 4.23. The van der Waals surface area contributed by atoms with Crippen molar-refractivity contribution >= 4 is 11.6 Å². The molecule has 0 bridgehead atoms. The fourth-order valence-electron chi connectivity index (χ4n) is 3.14. The summed E-state index contributed by atoms with van der Waals surface area (Å²) in [6, 6.07) is 7.93. The Morgan fingerprint density at radius 3 is 2.74 bits per heavy atom. The number of fused-ring (bicyclic) bond motifs is 1. The second-order valence-corrected chi connectivity index (χ2v) is 5.99. The molecule has 0 radical (unpaired) electrons. The van der Waals surface area contributed by atoms with Crippen molar-refractivity contribution in [3.63, 3.8) is 0 Å². The number of amides is 1. The molecule has 23 heavy (non-hydrogen) atoms. The molecule has 1 aromatic carbocycles. The van der Waals surface area contributed by atoms with E-state index >= 15 is 0 Å². The summed E-state index contributed by atoms with van der Waals surface area (Å²) in [5, 5.41) is 16.6. The lowest BCUT2D eigenvalue weighted by molar-refractivity contribution is -0.114. The predicted octanol–water partition coefficient (Wildman–Crippen LogP) is 1.43. The van der Waals surface area contributed by atoms with Crippen LogP contribution in [0.15, 0.2) is 24.3 Å². The summed E-state index contributed by atoms with van der Waals surface area (Å²) >= 11 is 0. The summed E-state index contributed by atoms with van der Waals surface area (Å²) in [7, 11) is 1.94. The van der Waals surface area contributed by atoms with Crippen molar-refractivity contribution in [3.8, 4) is 0 Å². The highest BCUT2D eigenvalue weighted by atomic mass is 16.3. The van der Waals surface area contributed by atoms with E-state index in [0.29, 0.717) is 0 Å². The number of hydrogen-bond acceptors (Lipinski definition) is 4. The SMILES string of the molecule is CC(=O)Nc1ccc(CN2CCc3c(c(CO)nn3C)C2)cc1. The summed E-state index contributed by atoms with van der Waals surface area (Å²) < 4.78 is 1.89. The number of benzene rings is 1. The van der Waals surface area contributed by atoms with Crippen molar-refractivity contribution in [2.45, 2.75) is 33.0 Å². The van der Waals surface area contributed by atoms with Crippen LogP contribution in [0.2, 0.25) is 0 Å². The zero-order valence-electron chi connectivity index (χ0n) is 13.5. The van der Waals surface area contributed by atoms with Gasteiger partial charge in [0.2, 0.25) is 5.91 Å². The van der Waals surface area contributed by atoms with Crippen LogP contribution in [0.4, 0.5) is 5.69 Å². The van der Waals surface area contributed by atoms with Crippen molar-refractivity contribution < 1.29 is 9.90 Å². The van der Waals surface area contributed by atoms with Gasteiger partial charge in [0.1, 0.15) is 0 Å². The molecular formula is C17H22N4O2. The number of aliphatic hydroxyl groups excluding tert-OH is 1. The van der Waals surface area contributed by atoms with Gasteiger partial charge in [-0.05, 0) is 17.7 Å². The molecule has 2 heterocycles. The molecule has 1 aliphatic heterocycles. The standard InChI is InChI=1S/C17H22N4O2/c1-12(23)18-14-5-3-13(4-6-14)9-21-8-7-17-15(10-21)16(11-22)19-20(17)2/h3-6,22H,7-11H2,1-2H3,(H,18,23). The average molecular weight is 314 g/mol. The molecule has 6 nitrogen and oxygen atoms in total. The van der Waals surface area contributed by atoms with E-state index in [1.165, 1.54) is 18.2 Å². The van der Waals surface area contributed by atoms with Crippen LogP contribution < -0.4 is 5.32 Å². The van der Waals surface area contributed by atoms with Crippen LogP contribution in [0.3, 0.4) is 0 Å². The molecule has 0 saturated carbocycles. The highest BCUT2D eigenvalue weighted by Crippen LogP contribution is 2.23. The second kappa shape index (κ2) is 6.52. The number of aromatic nitrogens is 2. The van der Waals surface area contributed by atoms with Crippen molar-refractivity contribution in [2.24, 2.45) is 7.05 Å². The highest BCUT2D eigenvalue weighted by molar-refractivity contribution is 5.88. The highest BCUT2D eigenvalue weighted by Gasteiger charge is 2.23. The number of nitrogens with one attached hydrogen (secondary N) is 1. The number of anilines is 1. The van der Waals surface area contributed by atoms with Gasteiger partial charge in [0, 0.05) is 57.0 Å². The third kappa shape index (κ3) is 3.43. The van der Waals surface area contributed by atoms with Gasteiger partial charge in [-0.15, -0.1) is 0 Å². The van der Waals surface area contributed by atoms with Gasteiger partial charge in [-0.2, -0.15) is 5.10 Å². The number of hydrogen-bond donors (Lipinski definition) is 2. The molecule has 3 rings (SSSR count). The smallest absolute Gasteiger partial charge is 0.221 e. The summed E-state index contributed by atoms with van der Waals surface area (Å²) in [6.07, 6.45) is 0.947. The third-order valence-electron chi connectivity index (χ3n) is 4.23. The Labute approximate surface area is 135 Å². The van der Waals surface area contributed by atoms with E-state index in [0.717, 1.165) is 43.0 Å². The van der Waals surface area contributed by atoms with Gasteiger partial charge < -0.3 is 10.4 Å². The van der Waals surface area contributed by atoms with Crippen molar-refractivity contribution in [3.05, 3.63) is 46.8 Å². The summed E-state index contributed by atoms with van der Waals surface area (Å²) in [4.78, 5) is 13.4. The number of carbonyl (C=O) groups is 1. The maximum Gasteiger partial charge on any atom is 0.221 e. The Balaban J connectivity index is 1.68. The largest absolute Gasteiger partial charge is 0.390 e. The molecule has 0 spiro atoms. The quantitative estimate of drug-likeness (QED) is 0.896. The van der Waals surface area contributed by atoms with E-state index in [9.17, 15) is 9.90 Å². The molecule has 122 valence electrons. The van der Waals surface area contributed by atoms with E-state index in [-0.39, 0.29) is 12.5 Å². The van der Waals surface area contributed by atoms with E-state index in [1.807, 2.05) is 36.0 Å². The van der Waals surface area contributed by atoms with E-state index in [1.54, 1.807) is 0 Å². The first-order valence-electron chi connectivity index (χ1n) is 7.80. The first kappa shape index (κ1) is 15.7. The molecule has 1 aliphatic rings. The minimum atomic E-state index is -0.0607. The fourth-order valence-corrected chi connectivity index (χ4v) is 3.14. The second-order valence-electron chi connectivity index (χ2n) is 5.99. The van der Waals surface area contributed by atoms with E-state index in [2.05, 4.69) is 15.3 Å². The number of aryl methyl sites for hydroxylation is 1. The topological polar surface area (TPSA) is 70.4 Å². The molecule has 0 aliphatic carbocycles. The summed E-state index contributed by atoms with van der Waals surface area (Å²) in [5.74, 6) is -0.0607. The Bertz CT molecular complexity index is 706. The zero-order chi connectivity index (χ0) is 16.4. The predicted molar refractivity (Wildman–Crippen MR) is 87.7 cm³/mol. The number of aliphatic hydroxyl groups is 1. The molecule has 1 aromatic heterocycles. The van der Waals surface area contributed by atoms with Crippen LogP contribution in [-0.4, -0.2) is 32.2 Å². The lowest BCUT2D eigenvalue weighted by Crippen LogP contribution is -2.30. The van der Waals surface area contributed by atoms with Crippen LogP contribution in [0, 0.1) is 0 Å². The van der Waals surface area contributed by atoms with Gasteiger partial charge in [-0.3, -0.25) is 14.4 Å². The molecule has 0 unspecified atom stereocenters. The van der Waals surface area contributed by atoms with Gasteiger partial charge in [-0.1, -0.05) is 12.1 Å². The number of rotatable bonds is 4. The lowest BCUT2D eigenvalue weighted by atomic mass is 10.0. The van der Waals surface area contributed by atoms with Crippen LogP contribution in [0.1, 0.15) is 29.4 Å². The molecule has 0 atom stereocenters. The lowest BCUT2D eigenvalue weighted by Gasteiger charge is -2.27. The number of carbonyl (C=O) groups excluding carboxylic acids is 1. The fraction of sp³-hybridized carbons (Fsp3) is 0.412. The Hall–Kier alpha value is -2.18. The number of nitrogens with zero attached hydrogens (tertiary/aromatic N) is 3. The maximum atomic E-state index is 11.0. The minimum Gasteiger partial charge on any atom is -0.390 e. The van der Waals surface area contributed by atoms with Crippen molar-refractivity contribution in [1.82, 2.24) is 14.7 Å². The average Bonchev–Trinajstić information content (AvgIpc) is 2.85. The van der Waals surface area contributed by atoms with Gasteiger partial charge in [-0.25, -0.2) is 0 Å². The Morgan fingerprint density at radius 2 is 2.09 bits per heavy atom. The Morgan fingerprint density at radius 1 is 1.35 bits per heavy atom. The van der Waals surface area contributed by atoms with E-state index in [4.69, 9.17) is 0 Å². The Kier molecular flexibility index (Phi) is 4.45. The molecule has 0 saturated heterocycles. The van der Waals surface area contributed by atoms with Gasteiger partial charge in [0.15, 0.2) is 0 Å². The molecule has 6 heteroatoms. The molecule has 2 aromatic rings. The van der Waals surface area contributed by atoms with Crippen LogP contribution in [-0.2, 0) is 38.0 Å². The molecule has 1 amide bonds. The maximum absolute atomic E-state index is 11.0. The van der Waals surface area contributed by atoms with Gasteiger partial charge in [0.05, 0.1) is 12.3 Å². The first-order chi connectivity index (χ1) is 11.1.